The highest BCUT2D eigenvalue weighted by Crippen LogP contribution is 2.49. The number of anilines is 5. The number of amides is 2. The molecule has 6 rings (SSSR count). The topological polar surface area (TPSA) is 237 Å². The second kappa shape index (κ2) is 17.7. The molecule has 292 valence electrons. The van der Waals surface area contributed by atoms with Gasteiger partial charge in [0.1, 0.15) is 21.7 Å². The fourth-order valence-electron chi connectivity index (χ4n) is 5.46. The summed E-state index contributed by atoms with van der Waals surface area (Å²) in [6.07, 6.45) is 0.250. The van der Waals surface area contributed by atoms with E-state index in [1.807, 2.05) is 6.07 Å². The number of aromatic nitrogens is 1. The van der Waals surface area contributed by atoms with E-state index < -0.39 is 20.9 Å². The van der Waals surface area contributed by atoms with Gasteiger partial charge < -0.3 is 21.7 Å². The van der Waals surface area contributed by atoms with Gasteiger partial charge in [-0.3, -0.25) is 14.1 Å². The first-order valence-electron chi connectivity index (χ1n) is 17.0. The highest BCUT2D eigenvalue weighted by Gasteiger charge is 2.26. The fraction of sp³-hybridized carbons (Fsp3) is 0.0769. The first-order chi connectivity index (χ1) is 27.7. The van der Waals surface area contributed by atoms with Crippen molar-refractivity contribution in [2.24, 2.45) is 26.2 Å². The van der Waals surface area contributed by atoms with E-state index in [1.165, 1.54) is 12.1 Å². The smallest absolute Gasteiger partial charge is 0.296 e. The number of nitrogens with one attached hydrogen (secondary N) is 3. The summed E-state index contributed by atoms with van der Waals surface area (Å²) in [5.74, 6) is -0.969. The van der Waals surface area contributed by atoms with Crippen LogP contribution in [0, 0.1) is 18.3 Å². The molecule has 2 heterocycles. The van der Waals surface area contributed by atoms with Crippen molar-refractivity contribution in [3.05, 3.63) is 124 Å². The van der Waals surface area contributed by atoms with Crippen molar-refractivity contribution in [3.63, 3.8) is 0 Å². The maximum Gasteiger partial charge on any atom is 0.296 e. The molecule has 0 fully saturated rings. The van der Waals surface area contributed by atoms with Gasteiger partial charge >= 0.3 is 0 Å². The van der Waals surface area contributed by atoms with Crippen LogP contribution in [0.25, 0.3) is 11.1 Å². The minimum Gasteiger partial charge on any atom is -0.365 e. The number of nitrogens with two attached hydrogens (primary N) is 1. The molecule has 0 bridgehead atoms. The molecule has 2 amide bonds. The SMILES string of the molecule is CCC(=O)Nc1cccc(-c2c(N=Nc3ccccc3)sc(N=Nc3c(Nc4ccc(Cl)cc4)nc(Nc4ccc(Cl)c(S(=O)(=O)O)c4)c(C#N)c3C)c2C(N)=O)c1. The molecule has 0 atom stereocenters. The molecule has 2 aromatic heterocycles. The van der Waals surface area contributed by atoms with Gasteiger partial charge in [0.25, 0.3) is 16.0 Å². The number of nitriles is 1. The fourth-order valence-corrected chi connectivity index (χ4v) is 7.56. The van der Waals surface area contributed by atoms with Gasteiger partial charge in [0.05, 0.1) is 21.8 Å². The van der Waals surface area contributed by atoms with E-state index in [-0.39, 0.29) is 67.1 Å². The Balaban J connectivity index is 1.52. The monoisotopic (exact) mass is 852 g/mol. The molecule has 4 aromatic carbocycles. The van der Waals surface area contributed by atoms with E-state index in [1.54, 1.807) is 86.6 Å². The molecule has 0 saturated heterocycles. The summed E-state index contributed by atoms with van der Waals surface area (Å²) >= 11 is 13.1. The van der Waals surface area contributed by atoms with Crippen molar-refractivity contribution in [2.45, 2.75) is 25.2 Å². The quantitative estimate of drug-likeness (QED) is 0.0548. The zero-order chi connectivity index (χ0) is 41.6. The van der Waals surface area contributed by atoms with Crippen LogP contribution in [0.15, 0.2) is 122 Å². The third-order valence-corrected chi connectivity index (χ3v) is 10.8. The van der Waals surface area contributed by atoms with Crippen LogP contribution >= 0.6 is 34.5 Å². The molecule has 0 unspecified atom stereocenters. The Morgan fingerprint density at radius 1 is 0.862 bits per heavy atom. The Morgan fingerprint density at radius 2 is 1.55 bits per heavy atom. The van der Waals surface area contributed by atoms with Crippen LogP contribution < -0.4 is 21.7 Å². The van der Waals surface area contributed by atoms with Crippen molar-refractivity contribution >= 4 is 107 Å². The lowest BCUT2D eigenvalue weighted by atomic mass is 10.0. The van der Waals surface area contributed by atoms with Crippen LogP contribution in [-0.2, 0) is 14.9 Å². The number of azo groups is 2. The summed E-state index contributed by atoms with van der Waals surface area (Å²) in [6, 6.07) is 28.3. The van der Waals surface area contributed by atoms with Gasteiger partial charge in [0, 0.05) is 39.6 Å². The number of nitrogens with zero attached hydrogens (tertiary/aromatic N) is 6. The van der Waals surface area contributed by atoms with Crippen LogP contribution in [0.4, 0.5) is 50.1 Å². The highest BCUT2D eigenvalue weighted by atomic mass is 35.5. The van der Waals surface area contributed by atoms with E-state index in [0.29, 0.717) is 33.2 Å². The van der Waals surface area contributed by atoms with Crippen molar-refractivity contribution in [2.75, 3.05) is 16.0 Å². The number of pyridine rings is 1. The summed E-state index contributed by atoms with van der Waals surface area (Å²) in [7, 11) is -4.69. The Morgan fingerprint density at radius 3 is 2.22 bits per heavy atom. The largest absolute Gasteiger partial charge is 0.365 e. The lowest BCUT2D eigenvalue weighted by molar-refractivity contribution is -0.115. The second-order valence-electron chi connectivity index (χ2n) is 12.2. The van der Waals surface area contributed by atoms with Crippen LogP contribution in [0.3, 0.4) is 0 Å². The third-order valence-electron chi connectivity index (χ3n) is 8.23. The summed E-state index contributed by atoms with van der Waals surface area (Å²) in [5.41, 5.74) is 8.85. The van der Waals surface area contributed by atoms with Gasteiger partial charge in [0.2, 0.25) is 5.91 Å². The number of primary amides is 1. The molecule has 0 aliphatic carbocycles. The first kappa shape index (κ1) is 41.1. The minimum atomic E-state index is -4.69. The van der Waals surface area contributed by atoms with Gasteiger partial charge in [-0.25, -0.2) is 4.98 Å². The van der Waals surface area contributed by atoms with Crippen molar-refractivity contribution in [1.82, 2.24) is 4.98 Å². The Hall–Kier alpha value is -6.55. The number of halogens is 2. The summed E-state index contributed by atoms with van der Waals surface area (Å²) in [6.45, 7) is 3.32. The lowest BCUT2D eigenvalue weighted by Gasteiger charge is -2.16. The highest BCUT2D eigenvalue weighted by molar-refractivity contribution is 7.86. The summed E-state index contributed by atoms with van der Waals surface area (Å²) in [4.78, 5) is 29.6. The number of carbonyl (C=O) groups is 2. The predicted octanol–water partition coefficient (Wildman–Crippen LogP) is 11.3. The van der Waals surface area contributed by atoms with E-state index in [0.717, 1.165) is 17.4 Å². The average molecular weight is 854 g/mol. The van der Waals surface area contributed by atoms with Crippen molar-refractivity contribution in [3.8, 4) is 17.2 Å². The number of carbonyl (C=O) groups excluding carboxylic acids is 2. The van der Waals surface area contributed by atoms with Gasteiger partial charge in [-0.05, 0) is 79.2 Å². The number of rotatable bonds is 13. The maximum absolute atomic E-state index is 13.3. The molecular formula is C39H30Cl2N10O5S2. The minimum absolute atomic E-state index is 0.00393. The molecule has 0 saturated carbocycles. The zero-order valence-electron chi connectivity index (χ0n) is 30.4. The molecule has 19 heteroatoms. The normalized spacial score (nSPS) is 11.4. The molecule has 58 heavy (non-hydrogen) atoms. The van der Waals surface area contributed by atoms with Gasteiger partial charge in [-0.2, -0.15) is 13.7 Å². The van der Waals surface area contributed by atoms with E-state index in [9.17, 15) is 27.8 Å². The third kappa shape index (κ3) is 9.52. The zero-order valence-corrected chi connectivity index (χ0v) is 33.5. The van der Waals surface area contributed by atoms with Crippen LogP contribution in [-0.4, -0.2) is 29.8 Å². The molecule has 0 radical (unpaired) electrons. The molecule has 0 spiro atoms. The molecular weight excluding hydrogens is 824 g/mol. The van der Waals surface area contributed by atoms with Crippen LogP contribution in [0.5, 0.6) is 0 Å². The number of hydrogen-bond acceptors (Lipinski definition) is 13. The van der Waals surface area contributed by atoms with Crippen LogP contribution in [0.1, 0.15) is 34.8 Å². The van der Waals surface area contributed by atoms with E-state index in [4.69, 9.17) is 28.9 Å². The van der Waals surface area contributed by atoms with E-state index in [2.05, 4.69) is 47.5 Å². The molecule has 6 aromatic rings. The number of benzene rings is 4. The second-order valence-corrected chi connectivity index (χ2v) is 15.4. The average Bonchev–Trinajstić information content (AvgIpc) is 3.57. The molecule has 0 aliphatic heterocycles. The number of hydrogen-bond donors (Lipinski definition) is 5. The predicted molar refractivity (Wildman–Crippen MR) is 225 cm³/mol. The lowest BCUT2D eigenvalue weighted by Crippen LogP contribution is -2.11. The van der Waals surface area contributed by atoms with Crippen LogP contribution in [0.2, 0.25) is 10.0 Å². The van der Waals surface area contributed by atoms with Gasteiger partial charge in [-0.1, -0.05) is 71.8 Å². The van der Waals surface area contributed by atoms with Crippen molar-refractivity contribution in [1.29, 1.82) is 5.26 Å². The summed E-state index contributed by atoms with van der Waals surface area (Å²) in [5, 5.41) is 37.7. The maximum atomic E-state index is 13.3. The molecule has 0 aliphatic rings. The van der Waals surface area contributed by atoms with Gasteiger partial charge in [-0.15, -0.1) is 20.5 Å². The Bertz CT molecular complexity index is 2770. The molecule has 6 N–H and O–H groups in total. The van der Waals surface area contributed by atoms with Crippen molar-refractivity contribution < 1.29 is 22.6 Å². The molecule has 15 nitrogen and oxygen atoms in total. The van der Waals surface area contributed by atoms with E-state index >= 15 is 0 Å². The Labute approximate surface area is 346 Å². The summed E-state index contributed by atoms with van der Waals surface area (Å²) < 4.78 is 33.6. The Kier molecular flexibility index (Phi) is 12.6. The number of thiophene rings is 1. The first-order valence-corrected chi connectivity index (χ1v) is 20.0. The standard InChI is InChI=1S/C39H30Cl2N10O5S2/c1-3-31(52)44-26-11-7-8-22(18-26)32-33(35(43)53)39(57-38(32)50-48-25-9-5-4-6-10-25)51-49-34-21(2)28(20-42)36(47-37(34)45-24-14-12-23(40)13-15-24)46-27-16-17-29(41)30(19-27)58(54,55)56/h4-19H,3H2,1-2H3,(H2,43,53)(H,44,52)(H2,45,46,47)(H,54,55,56). The van der Waals surface area contributed by atoms with Gasteiger partial charge in [0.15, 0.2) is 16.6 Å².